The van der Waals surface area contributed by atoms with Crippen LogP contribution in [0.3, 0.4) is 0 Å². The van der Waals surface area contributed by atoms with Gasteiger partial charge in [-0.3, -0.25) is 4.79 Å². The number of carbonyl (C=O) groups is 1. The van der Waals surface area contributed by atoms with Crippen LogP contribution in [0.5, 0.6) is 0 Å². The maximum Gasteiger partial charge on any atom is 0.225 e. The molecule has 0 aliphatic carbocycles. The molecule has 2 N–H and O–H groups in total. The summed E-state index contributed by atoms with van der Waals surface area (Å²) < 4.78 is 5.70. The maximum atomic E-state index is 12.6. The maximum absolute atomic E-state index is 12.6. The summed E-state index contributed by atoms with van der Waals surface area (Å²) >= 11 is 0. The molecule has 4 nitrogen and oxygen atoms in total. The molecular formula is C18H27ClN2O2. The molecule has 0 saturated carbocycles. The Hall–Kier alpha value is -1.10. The third-order valence-electron chi connectivity index (χ3n) is 5.00. The zero-order valence-corrected chi connectivity index (χ0v) is 14.3. The normalized spacial score (nSPS) is 27.5. The van der Waals surface area contributed by atoms with Gasteiger partial charge in [0.15, 0.2) is 0 Å². The SMILES string of the molecule is Cl.NC[C@@H]1CN(C(=O)CC2CCCCO2)C[C@H]1c1ccccc1. The standard InChI is InChI=1S/C18H26N2O2.ClH/c19-11-15-12-20(13-17(15)14-6-2-1-3-7-14)18(21)10-16-8-4-5-9-22-16;/h1-3,6-7,15-17H,4-5,8-13,19H2;1H/t15-,16?,17+;/m1./s1. The van der Waals surface area contributed by atoms with E-state index in [0.717, 1.165) is 32.5 Å². The van der Waals surface area contributed by atoms with Crippen molar-refractivity contribution in [1.82, 2.24) is 4.90 Å². The molecular weight excluding hydrogens is 312 g/mol. The molecule has 0 aromatic heterocycles. The van der Waals surface area contributed by atoms with E-state index >= 15 is 0 Å². The zero-order chi connectivity index (χ0) is 15.4. The molecule has 3 rings (SSSR count). The summed E-state index contributed by atoms with van der Waals surface area (Å²) in [6.45, 7) is 3.00. The summed E-state index contributed by atoms with van der Waals surface area (Å²) in [4.78, 5) is 14.6. The van der Waals surface area contributed by atoms with E-state index in [4.69, 9.17) is 10.5 Å². The van der Waals surface area contributed by atoms with E-state index in [2.05, 4.69) is 24.3 Å². The minimum Gasteiger partial charge on any atom is -0.378 e. The number of nitrogens with two attached hydrogens (primary N) is 1. The van der Waals surface area contributed by atoms with Gasteiger partial charge in [0.2, 0.25) is 5.91 Å². The Morgan fingerprint density at radius 3 is 2.65 bits per heavy atom. The molecule has 23 heavy (non-hydrogen) atoms. The molecule has 5 heteroatoms. The van der Waals surface area contributed by atoms with Crippen molar-refractivity contribution in [3.05, 3.63) is 35.9 Å². The highest BCUT2D eigenvalue weighted by Crippen LogP contribution is 2.32. The van der Waals surface area contributed by atoms with Crippen LogP contribution in [-0.4, -0.2) is 43.2 Å². The molecule has 128 valence electrons. The fourth-order valence-electron chi connectivity index (χ4n) is 3.68. The third kappa shape index (κ3) is 4.46. The quantitative estimate of drug-likeness (QED) is 0.918. The van der Waals surface area contributed by atoms with E-state index in [-0.39, 0.29) is 24.4 Å². The van der Waals surface area contributed by atoms with Crippen LogP contribution < -0.4 is 5.73 Å². The highest BCUT2D eigenvalue weighted by Gasteiger charge is 2.35. The molecule has 1 aromatic rings. The second-order valence-electron chi connectivity index (χ2n) is 6.50. The van der Waals surface area contributed by atoms with Crippen molar-refractivity contribution in [2.45, 2.75) is 37.7 Å². The van der Waals surface area contributed by atoms with Crippen molar-refractivity contribution < 1.29 is 9.53 Å². The molecule has 1 unspecified atom stereocenters. The van der Waals surface area contributed by atoms with Gasteiger partial charge in [0, 0.05) is 25.6 Å². The topological polar surface area (TPSA) is 55.6 Å². The first-order valence-electron chi connectivity index (χ1n) is 8.42. The van der Waals surface area contributed by atoms with Gasteiger partial charge in [-0.1, -0.05) is 30.3 Å². The van der Waals surface area contributed by atoms with Crippen LogP contribution in [-0.2, 0) is 9.53 Å². The number of carbonyl (C=O) groups excluding carboxylic acids is 1. The first-order valence-corrected chi connectivity index (χ1v) is 8.42. The number of halogens is 1. The van der Waals surface area contributed by atoms with Gasteiger partial charge in [-0.15, -0.1) is 12.4 Å². The van der Waals surface area contributed by atoms with Crippen molar-refractivity contribution in [3.63, 3.8) is 0 Å². The predicted octanol–water partition coefficient (Wildman–Crippen LogP) is 2.57. The van der Waals surface area contributed by atoms with Gasteiger partial charge in [-0.25, -0.2) is 0 Å². The van der Waals surface area contributed by atoms with Gasteiger partial charge in [-0.05, 0) is 37.3 Å². The van der Waals surface area contributed by atoms with Gasteiger partial charge < -0.3 is 15.4 Å². The van der Waals surface area contributed by atoms with E-state index in [9.17, 15) is 4.79 Å². The Kier molecular flexibility index (Phi) is 6.88. The summed E-state index contributed by atoms with van der Waals surface area (Å²) in [5.74, 6) is 0.949. The van der Waals surface area contributed by atoms with Gasteiger partial charge in [0.1, 0.15) is 0 Å². The number of hydrogen-bond donors (Lipinski definition) is 1. The Morgan fingerprint density at radius 1 is 1.22 bits per heavy atom. The van der Waals surface area contributed by atoms with Crippen molar-refractivity contribution in [3.8, 4) is 0 Å². The van der Waals surface area contributed by atoms with Crippen LogP contribution in [0, 0.1) is 5.92 Å². The van der Waals surface area contributed by atoms with Crippen LogP contribution in [0.1, 0.15) is 37.2 Å². The number of ether oxygens (including phenoxy) is 1. The fourth-order valence-corrected chi connectivity index (χ4v) is 3.68. The fraction of sp³-hybridized carbons (Fsp3) is 0.611. The largest absolute Gasteiger partial charge is 0.378 e. The van der Waals surface area contributed by atoms with Crippen LogP contribution in [0.25, 0.3) is 0 Å². The number of rotatable bonds is 4. The van der Waals surface area contributed by atoms with Crippen LogP contribution in [0.4, 0.5) is 0 Å². The Bertz CT molecular complexity index is 491. The Balaban J connectivity index is 0.00000192. The Morgan fingerprint density at radius 2 is 2.00 bits per heavy atom. The second kappa shape index (κ2) is 8.67. The lowest BCUT2D eigenvalue weighted by molar-refractivity contribution is -0.134. The van der Waals surface area contributed by atoms with E-state index in [1.807, 2.05) is 11.0 Å². The first kappa shape index (κ1) is 18.2. The monoisotopic (exact) mass is 338 g/mol. The molecule has 2 saturated heterocycles. The van der Waals surface area contributed by atoms with Crippen LogP contribution in [0.15, 0.2) is 30.3 Å². The molecule has 2 aliphatic rings. The van der Waals surface area contributed by atoms with E-state index in [1.54, 1.807) is 0 Å². The lowest BCUT2D eigenvalue weighted by atomic mass is 9.89. The average Bonchev–Trinajstić information content (AvgIpc) is 3.01. The van der Waals surface area contributed by atoms with Gasteiger partial charge in [-0.2, -0.15) is 0 Å². The second-order valence-corrected chi connectivity index (χ2v) is 6.50. The summed E-state index contributed by atoms with van der Waals surface area (Å²) in [5.41, 5.74) is 7.24. The predicted molar refractivity (Wildman–Crippen MR) is 93.8 cm³/mol. The van der Waals surface area contributed by atoms with Crippen molar-refractivity contribution >= 4 is 18.3 Å². The van der Waals surface area contributed by atoms with Crippen LogP contribution >= 0.6 is 12.4 Å². The summed E-state index contributed by atoms with van der Waals surface area (Å²) in [6, 6.07) is 10.4. The summed E-state index contributed by atoms with van der Waals surface area (Å²) in [5, 5.41) is 0. The lowest BCUT2D eigenvalue weighted by Gasteiger charge is -2.24. The van der Waals surface area contributed by atoms with Crippen molar-refractivity contribution in [1.29, 1.82) is 0 Å². The van der Waals surface area contributed by atoms with E-state index in [0.29, 0.717) is 24.8 Å². The molecule has 1 aromatic carbocycles. The number of likely N-dealkylation sites (tertiary alicyclic amines) is 1. The van der Waals surface area contributed by atoms with Gasteiger partial charge >= 0.3 is 0 Å². The van der Waals surface area contributed by atoms with E-state index in [1.165, 1.54) is 12.0 Å². The molecule has 0 spiro atoms. The molecule has 1 amide bonds. The molecule has 2 aliphatic heterocycles. The zero-order valence-electron chi connectivity index (χ0n) is 13.5. The highest BCUT2D eigenvalue weighted by atomic mass is 35.5. The number of nitrogens with zero attached hydrogens (tertiary/aromatic N) is 1. The molecule has 2 fully saturated rings. The average molecular weight is 339 g/mol. The van der Waals surface area contributed by atoms with Gasteiger partial charge in [0.05, 0.1) is 12.5 Å². The minimum atomic E-state index is 0. The number of hydrogen-bond acceptors (Lipinski definition) is 3. The number of benzene rings is 1. The highest BCUT2D eigenvalue weighted by molar-refractivity contribution is 5.85. The first-order chi connectivity index (χ1) is 10.8. The number of amides is 1. The minimum absolute atomic E-state index is 0. The lowest BCUT2D eigenvalue weighted by Crippen LogP contribution is -2.34. The molecule has 0 bridgehead atoms. The van der Waals surface area contributed by atoms with E-state index < -0.39 is 0 Å². The summed E-state index contributed by atoms with van der Waals surface area (Å²) in [7, 11) is 0. The molecule has 0 radical (unpaired) electrons. The summed E-state index contributed by atoms with van der Waals surface area (Å²) in [6.07, 6.45) is 3.96. The molecule has 2 heterocycles. The smallest absolute Gasteiger partial charge is 0.225 e. The van der Waals surface area contributed by atoms with Crippen molar-refractivity contribution in [2.75, 3.05) is 26.2 Å². The van der Waals surface area contributed by atoms with Crippen molar-refractivity contribution in [2.24, 2.45) is 11.7 Å². The Labute approximate surface area is 144 Å². The van der Waals surface area contributed by atoms with Gasteiger partial charge in [0.25, 0.3) is 0 Å². The molecule has 3 atom stereocenters. The third-order valence-corrected chi connectivity index (χ3v) is 5.00. The van der Waals surface area contributed by atoms with Crippen LogP contribution in [0.2, 0.25) is 0 Å².